The van der Waals surface area contributed by atoms with Crippen LogP contribution in [-0.2, 0) is 0 Å². The van der Waals surface area contributed by atoms with E-state index in [2.05, 4.69) is 54.7 Å². The van der Waals surface area contributed by atoms with Crippen molar-refractivity contribution >= 4 is 21.8 Å². The van der Waals surface area contributed by atoms with E-state index in [0.717, 1.165) is 92.7 Å². The number of nitrogens with one attached hydrogen (secondary N) is 3. The van der Waals surface area contributed by atoms with E-state index in [0.29, 0.717) is 0 Å². The minimum atomic E-state index is -0.261. The molecule has 2 aromatic carbocycles. The lowest BCUT2D eigenvalue weighted by atomic mass is 10.0. The normalized spacial score (nSPS) is 14.3. The van der Waals surface area contributed by atoms with Gasteiger partial charge in [0.25, 0.3) is 0 Å². The van der Waals surface area contributed by atoms with E-state index in [9.17, 15) is 4.39 Å². The number of rotatable bonds is 5. The SMILES string of the molecule is Cc1cc(F)cc(-c2cncc3[nH]c(-c4n[nH]c5ccc(-c6cncc(OC7CCNCC7)c6)cc45)cc23)c1. The molecule has 0 aliphatic carbocycles. The maximum absolute atomic E-state index is 14.2. The van der Waals surface area contributed by atoms with Gasteiger partial charge in [0.1, 0.15) is 23.4 Å². The number of pyridine rings is 2. The maximum Gasteiger partial charge on any atom is 0.138 e. The lowest BCUT2D eigenvalue weighted by Crippen LogP contribution is -2.34. The van der Waals surface area contributed by atoms with E-state index < -0.39 is 0 Å². The van der Waals surface area contributed by atoms with E-state index in [1.807, 2.05) is 25.3 Å². The largest absolute Gasteiger partial charge is 0.489 e. The molecule has 0 unspecified atom stereocenters. The van der Waals surface area contributed by atoms with Crippen molar-refractivity contribution in [1.82, 2.24) is 30.5 Å². The van der Waals surface area contributed by atoms with Gasteiger partial charge >= 0.3 is 0 Å². The number of aromatic amines is 2. The number of nitrogens with zero attached hydrogens (tertiary/aromatic N) is 3. The monoisotopic (exact) mass is 518 g/mol. The van der Waals surface area contributed by atoms with Gasteiger partial charge < -0.3 is 15.0 Å². The van der Waals surface area contributed by atoms with Crippen LogP contribution < -0.4 is 10.1 Å². The van der Waals surface area contributed by atoms with E-state index >= 15 is 0 Å². The first-order valence-electron chi connectivity index (χ1n) is 13.2. The molecular weight excluding hydrogens is 491 g/mol. The fourth-order valence-corrected chi connectivity index (χ4v) is 5.45. The molecule has 1 aliphatic heterocycles. The zero-order valence-corrected chi connectivity index (χ0v) is 21.5. The zero-order valence-electron chi connectivity index (χ0n) is 21.5. The summed E-state index contributed by atoms with van der Waals surface area (Å²) >= 11 is 0. The fraction of sp³-hybridized carbons (Fsp3) is 0.194. The van der Waals surface area contributed by atoms with Crippen LogP contribution >= 0.6 is 0 Å². The quantitative estimate of drug-likeness (QED) is 0.245. The van der Waals surface area contributed by atoms with Gasteiger partial charge in [0.2, 0.25) is 0 Å². The lowest BCUT2D eigenvalue weighted by Gasteiger charge is -2.23. The van der Waals surface area contributed by atoms with E-state index in [4.69, 9.17) is 4.74 Å². The van der Waals surface area contributed by atoms with E-state index in [1.54, 1.807) is 24.7 Å². The highest BCUT2D eigenvalue weighted by Crippen LogP contribution is 2.35. The smallest absolute Gasteiger partial charge is 0.138 e. The molecule has 0 bridgehead atoms. The summed E-state index contributed by atoms with van der Waals surface area (Å²) in [5, 5.41) is 13.1. The molecule has 4 aromatic heterocycles. The number of halogens is 1. The first-order chi connectivity index (χ1) is 19.1. The number of hydrogen-bond acceptors (Lipinski definition) is 5. The molecule has 0 spiro atoms. The maximum atomic E-state index is 14.2. The second-order valence-electron chi connectivity index (χ2n) is 10.2. The lowest BCUT2D eigenvalue weighted by molar-refractivity contribution is 0.162. The predicted molar refractivity (Wildman–Crippen MR) is 151 cm³/mol. The number of ether oxygens (including phenoxy) is 1. The average molecular weight is 519 g/mol. The molecule has 8 heteroatoms. The summed E-state index contributed by atoms with van der Waals surface area (Å²) in [7, 11) is 0. The van der Waals surface area contributed by atoms with Crippen molar-refractivity contribution < 1.29 is 9.13 Å². The van der Waals surface area contributed by atoms with Crippen molar-refractivity contribution in [3.8, 4) is 39.4 Å². The van der Waals surface area contributed by atoms with Crippen LogP contribution in [0.3, 0.4) is 0 Å². The Morgan fingerprint density at radius 2 is 1.69 bits per heavy atom. The summed E-state index contributed by atoms with van der Waals surface area (Å²) in [6, 6.07) is 15.4. The summed E-state index contributed by atoms with van der Waals surface area (Å²) in [4.78, 5) is 12.3. The van der Waals surface area contributed by atoms with Crippen LogP contribution in [0.2, 0.25) is 0 Å². The van der Waals surface area contributed by atoms with Gasteiger partial charge in [0, 0.05) is 34.3 Å². The summed E-state index contributed by atoms with van der Waals surface area (Å²) in [5.74, 6) is 0.526. The third-order valence-electron chi connectivity index (χ3n) is 7.35. The highest BCUT2D eigenvalue weighted by molar-refractivity contribution is 6.01. The molecule has 194 valence electrons. The van der Waals surface area contributed by atoms with Crippen molar-refractivity contribution in [3.63, 3.8) is 0 Å². The number of H-pyrrole nitrogens is 2. The Balaban J connectivity index is 1.26. The number of fused-ring (bicyclic) bond motifs is 2. The molecule has 7 nitrogen and oxygen atoms in total. The van der Waals surface area contributed by atoms with E-state index in [-0.39, 0.29) is 11.9 Å². The molecule has 3 N–H and O–H groups in total. The molecule has 7 rings (SSSR count). The van der Waals surface area contributed by atoms with Crippen LogP contribution in [0.25, 0.3) is 55.4 Å². The fourth-order valence-electron chi connectivity index (χ4n) is 5.45. The molecule has 0 amide bonds. The number of piperidine rings is 1. The molecule has 1 fully saturated rings. The van der Waals surface area contributed by atoms with Crippen LogP contribution in [0.15, 0.2) is 73.3 Å². The molecule has 0 atom stereocenters. The molecule has 39 heavy (non-hydrogen) atoms. The van der Waals surface area contributed by atoms with Crippen molar-refractivity contribution in [2.45, 2.75) is 25.9 Å². The van der Waals surface area contributed by atoms with Crippen molar-refractivity contribution in [2.24, 2.45) is 0 Å². The Bertz CT molecular complexity index is 1800. The van der Waals surface area contributed by atoms with Gasteiger partial charge in [0.15, 0.2) is 0 Å². The first kappa shape index (κ1) is 23.5. The van der Waals surface area contributed by atoms with Crippen LogP contribution in [-0.4, -0.2) is 44.3 Å². The minimum absolute atomic E-state index is 0.212. The van der Waals surface area contributed by atoms with Crippen LogP contribution in [0.5, 0.6) is 5.75 Å². The molecule has 1 aliphatic rings. The van der Waals surface area contributed by atoms with Crippen molar-refractivity contribution in [3.05, 3.63) is 84.7 Å². The summed E-state index contributed by atoms with van der Waals surface area (Å²) in [6.45, 7) is 3.84. The first-order valence-corrected chi connectivity index (χ1v) is 13.2. The molecule has 0 saturated carbocycles. The second kappa shape index (κ2) is 9.63. The Kier molecular flexibility index (Phi) is 5.82. The summed E-state index contributed by atoms with van der Waals surface area (Å²) in [6.07, 6.45) is 9.41. The zero-order chi connectivity index (χ0) is 26.3. The van der Waals surface area contributed by atoms with Crippen molar-refractivity contribution in [1.29, 1.82) is 0 Å². The van der Waals surface area contributed by atoms with Gasteiger partial charge in [-0.3, -0.25) is 15.1 Å². The Labute approximate surface area is 224 Å². The molecular formula is C31H27FN6O. The predicted octanol–water partition coefficient (Wildman–Crippen LogP) is 6.41. The molecule has 6 aromatic rings. The summed E-state index contributed by atoms with van der Waals surface area (Å²) in [5.41, 5.74) is 8.01. The highest BCUT2D eigenvalue weighted by Gasteiger charge is 2.17. The van der Waals surface area contributed by atoms with Gasteiger partial charge in [-0.25, -0.2) is 4.39 Å². The van der Waals surface area contributed by atoms with E-state index in [1.165, 1.54) is 6.07 Å². The average Bonchev–Trinajstić information content (AvgIpc) is 3.57. The third kappa shape index (κ3) is 4.53. The van der Waals surface area contributed by atoms with Gasteiger partial charge in [-0.1, -0.05) is 12.1 Å². The van der Waals surface area contributed by atoms with Gasteiger partial charge in [-0.15, -0.1) is 0 Å². The molecule has 5 heterocycles. The van der Waals surface area contributed by atoms with Gasteiger partial charge in [-0.05, 0) is 85.9 Å². The Morgan fingerprint density at radius 1 is 0.821 bits per heavy atom. The standard InChI is InChI=1S/C31H27FN6O/c1-18-8-20(10-22(32)9-18)27-16-35-17-30-25(27)13-29(36-30)31-26-12-19(2-3-28(26)37-38-31)21-11-24(15-34-14-21)39-23-4-6-33-7-5-23/h2-3,8-17,23,33,36H,4-7H2,1H3,(H,37,38). The Morgan fingerprint density at radius 3 is 2.56 bits per heavy atom. The third-order valence-corrected chi connectivity index (χ3v) is 7.35. The number of aryl methyl sites for hydroxylation is 1. The van der Waals surface area contributed by atoms with Gasteiger partial charge in [-0.2, -0.15) is 5.10 Å². The number of benzene rings is 2. The Hall–Kier alpha value is -4.56. The second-order valence-corrected chi connectivity index (χ2v) is 10.2. The molecule has 1 saturated heterocycles. The number of hydrogen-bond donors (Lipinski definition) is 3. The summed E-state index contributed by atoms with van der Waals surface area (Å²) < 4.78 is 20.4. The van der Waals surface area contributed by atoms with Crippen LogP contribution in [0.4, 0.5) is 4.39 Å². The van der Waals surface area contributed by atoms with Crippen LogP contribution in [0, 0.1) is 12.7 Å². The van der Waals surface area contributed by atoms with Crippen LogP contribution in [0.1, 0.15) is 18.4 Å². The van der Waals surface area contributed by atoms with Gasteiger partial charge in [0.05, 0.1) is 29.1 Å². The topological polar surface area (TPSA) is 91.5 Å². The number of aromatic nitrogens is 5. The molecule has 0 radical (unpaired) electrons. The highest BCUT2D eigenvalue weighted by atomic mass is 19.1. The van der Waals surface area contributed by atoms with Crippen molar-refractivity contribution in [2.75, 3.05) is 13.1 Å². The minimum Gasteiger partial charge on any atom is -0.489 e.